The first kappa shape index (κ1) is 152. The van der Waals surface area contributed by atoms with Crippen LogP contribution in [0.15, 0.2) is 17.1 Å². The van der Waals surface area contributed by atoms with Gasteiger partial charge in [0.25, 0.3) is 10.1 Å². The molecular formula is C116H237ClI2NNaO3S2Y3. The van der Waals surface area contributed by atoms with Gasteiger partial charge in [-0.05, 0) is 50.4 Å². The summed E-state index contributed by atoms with van der Waals surface area (Å²) in [6.45, 7) is 15.5. The fourth-order valence-electron chi connectivity index (χ4n) is 19.2. The van der Waals surface area contributed by atoms with Gasteiger partial charge >= 0.3 is 29.6 Å². The van der Waals surface area contributed by atoms with E-state index in [-0.39, 0.29) is 173 Å². The molecule has 0 aliphatic heterocycles. The number of nitrogens with zero attached hydrogens (tertiary/aromatic N) is 1. The largest absolute Gasteiger partial charge is 1.00 e. The van der Waals surface area contributed by atoms with Crippen LogP contribution in [0, 0.1) is 17.8 Å². The van der Waals surface area contributed by atoms with Gasteiger partial charge in [0.1, 0.15) is 0 Å². The Morgan fingerprint density at radius 1 is 0.264 bits per heavy atom. The second-order valence-electron chi connectivity index (χ2n) is 40.5. The van der Waals surface area contributed by atoms with Gasteiger partial charge in [0.05, 0.1) is 18.2 Å². The minimum atomic E-state index is -3.34. The number of thiazole rings is 1. The van der Waals surface area contributed by atoms with E-state index in [0.29, 0.717) is 12.5 Å². The van der Waals surface area contributed by atoms with Crippen molar-refractivity contribution < 1.29 is 183 Å². The van der Waals surface area contributed by atoms with Crippen molar-refractivity contribution in [3.63, 3.8) is 0 Å². The van der Waals surface area contributed by atoms with E-state index in [1.54, 1.807) is 0 Å². The van der Waals surface area contributed by atoms with Gasteiger partial charge < -0.3 is 36.4 Å². The van der Waals surface area contributed by atoms with Gasteiger partial charge in [-0.1, -0.05) is 680 Å². The smallest absolute Gasteiger partial charge is 1.00 e. The Kier molecular flexibility index (Phi) is 163. The molecule has 0 aliphatic rings. The number of aromatic nitrogens is 1. The molecular weight excluding hydrogens is 2100 g/mol. The van der Waals surface area contributed by atoms with Crippen LogP contribution in [0.5, 0.6) is 0 Å². The van der Waals surface area contributed by atoms with Crippen molar-refractivity contribution in [2.45, 2.75) is 691 Å². The van der Waals surface area contributed by atoms with Gasteiger partial charge in [0, 0.05) is 110 Å². The molecule has 4 nitrogen and oxygen atoms in total. The van der Waals surface area contributed by atoms with Crippen LogP contribution < -0.4 is 70.5 Å². The SMILES string of the molecule is C.CCCCCCCCCCCCCCCCCCC(CCCCCCCCCCCCCCCCC)COS(C)(=O)=O.CCCCCCCCCCCCCCCCCCC(CCCCCCCCCCCCCCCCC)C[n+]1ccsc1.CCCCCCCCCCCCCCCCCCC(CI)CCCCCCCCCCCCCCCCC.[3HH].[Cl-].[I-].[Na+].[Y].[Y].[Y]. The average Bonchev–Trinajstić information content (AvgIpc) is 1.82. The molecule has 0 aromatic carbocycles. The summed E-state index contributed by atoms with van der Waals surface area (Å²) in [5.41, 5.74) is 2.31. The molecule has 1 aromatic heterocycles. The van der Waals surface area contributed by atoms with Crippen molar-refractivity contribution in [2.24, 2.45) is 17.8 Å². The van der Waals surface area contributed by atoms with Crippen LogP contribution in [0.4, 0.5) is 0 Å². The third-order valence-electron chi connectivity index (χ3n) is 27.8. The van der Waals surface area contributed by atoms with Gasteiger partial charge in [0.2, 0.25) is 5.51 Å². The zero-order valence-electron chi connectivity index (χ0n) is 88.9. The van der Waals surface area contributed by atoms with Crippen LogP contribution in [0.25, 0.3) is 0 Å². The molecule has 3 unspecified atom stereocenters. The Morgan fingerprint density at radius 3 is 0.535 bits per heavy atom. The van der Waals surface area contributed by atoms with E-state index in [4.69, 9.17) is 4.18 Å². The van der Waals surface area contributed by atoms with Crippen LogP contribution >= 0.6 is 33.9 Å². The second-order valence-corrected chi connectivity index (χ2v) is 43.7. The molecule has 1 heterocycles. The Balaban J connectivity index is -0.000000202. The molecule has 3 radical (unpaired) electrons. The van der Waals surface area contributed by atoms with Crippen LogP contribution in [0.3, 0.4) is 0 Å². The number of hydrogen-bond donors (Lipinski definition) is 0. The Hall–Kier alpha value is 5.60. The van der Waals surface area contributed by atoms with E-state index in [1.807, 2.05) is 11.3 Å². The van der Waals surface area contributed by atoms with Crippen LogP contribution in [-0.4, -0.2) is 25.7 Å². The van der Waals surface area contributed by atoms with E-state index in [1.165, 1.54) is 640 Å². The van der Waals surface area contributed by atoms with Crippen molar-refractivity contribution >= 4 is 44.0 Å². The van der Waals surface area contributed by atoms with Crippen molar-refractivity contribution in [1.29, 1.82) is 0 Å². The van der Waals surface area contributed by atoms with Crippen LogP contribution in [0.2, 0.25) is 0 Å². The molecule has 3 atom stereocenters. The molecule has 0 fully saturated rings. The average molecular weight is 2340 g/mol. The molecule has 0 bridgehead atoms. The summed E-state index contributed by atoms with van der Waals surface area (Å²) >= 11 is 4.50. The fourth-order valence-corrected chi connectivity index (χ4v) is 21.1. The fraction of sp³-hybridized carbons (Fsp3) is 0.974. The Bertz CT molecular complexity index is 2100. The monoisotopic (exact) mass is 2340 g/mol. The molecule has 0 N–H and O–H groups in total. The van der Waals surface area contributed by atoms with Crippen LogP contribution in [0.1, 0.15) is 686 Å². The first-order valence-corrected chi connectivity index (χ1v) is 61.8. The topological polar surface area (TPSA) is 47.3 Å². The maximum Gasteiger partial charge on any atom is 1.00 e. The molecule has 0 amide bonds. The quantitative estimate of drug-likeness (QED) is 0.0163. The summed E-state index contributed by atoms with van der Waals surface area (Å²) in [7, 11) is -3.34. The molecule has 13 heteroatoms. The van der Waals surface area contributed by atoms with Gasteiger partial charge in [-0.3, -0.25) is 4.18 Å². The molecule has 1 aromatic rings. The van der Waals surface area contributed by atoms with E-state index >= 15 is 0 Å². The normalized spacial score (nSPS) is 11.8. The molecule has 0 saturated heterocycles. The number of halogens is 3. The minimum Gasteiger partial charge on any atom is -1.00 e. The third-order valence-corrected chi connectivity index (χ3v) is 30.3. The standard InChI is InChI=1S/C40H78NS.C38H78O3S.C37H75I.CH4.ClH.HI.Na.3Y.H2/c1-3-5-7-9-11-13-15-17-19-21-23-25-27-29-31-33-35-40(38-41-36-37-42-39-41)34-32-30-28-26-24-22-20-18-16-14-12-10-8-6-4-2;1-4-6-8-10-12-14-16-18-20-22-24-26-28-30-32-34-36-38(37-41-42(3,39)40)35-33-31-29-27-25-23-21-19-17-15-13-11-9-7-5-2;1-3-5-7-9-11-13-15-17-19-21-23-25-27-29-31-33-35-37(36-38)34-32-30-28-26-24-22-20-18-16-14-12-10-8-6-4-2;;;;;;;;/h36-37,39-40H,3-35,38H2,1-2H3;38H,4-37H2,1-3H3;37H,3-36H2,1-2H3;1H4;2*1H;;;;;1H/q+1;;;;;;+1;;;;/p-2/i;;;;;;;;;;1+2. The molecule has 1 rings (SSSR count). The Labute approximate surface area is 957 Å². The zero-order valence-corrected chi connectivity index (χ0v) is 106. The molecule has 0 spiro atoms. The maximum atomic E-state index is 11.5. The van der Waals surface area contributed by atoms with Crippen molar-refractivity contribution in [1.82, 2.24) is 0 Å². The number of hydrogen-bond acceptors (Lipinski definition) is 4. The van der Waals surface area contributed by atoms with E-state index in [0.717, 1.165) is 24.7 Å². The van der Waals surface area contributed by atoms with E-state index in [9.17, 15) is 8.42 Å². The zero-order chi connectivity index (χ0) is 88.5. The first-order chi connectivity index (χ1) is 60.2. The van der Waals surface area contributed by atoms with Crippen molar-refractivity contribution in [3.8, 4) is 0 Å². The summed E-state index contributed by atoms with van der Waals surface area (Å²) in [6.07, 6.45) is 146. The summed E-state index contributed by atoms with van der Waals surface area (Å²) in [5, 5.41) is 2.24. The summed E-state index contributed by atoms with van der Waals surface area (Å²) in [6, 6.07) is 0. The maximum absolute atomic E-state index is 11.5. The van der Waals surface area contributed by atoms with E-state index in [2.05, 4.69) is 85.8 Å². The third kappa shape index (κ3) is 138. The predicted molar refractivity (Wildman–Crippen MR) is 575 cm³/mol. The molecule has 767 valence electrons. The summed E-state index contributed by atoms with van der Waals surface area (Å²) in [4.78, 5) is 0. The van der Waals surface area contributed by atoms with Crippen molar-refractivity contribution in [2.75, 3.05) is 17.3 Å². The number of rotatable bonds is 105. The minimum absolute atomic E-state index is 0. The molecule has 0 aliphatic carbocycles. The first-order valence-electron chi connectivity index (χ1n) is 57.5. The Morgan fingerprint density at radius 2 is 0.403 bits per heavy atom. The molecule has 0 saturated carbocycles. The predicted octanol–water partition coefficient (Wildman–Crippen LogP) is 34.9. The van der Waals surface area contributed by atoms with Gasteiger partial charge in [-0.2, -0.15) is 13.0 Å². The number of alkyl halides is 1. The van der Waals surface area contributed by atoms with Gasteiger partial charge in [-0.25, -0.2) is 0 Å². The molecule has 129 heavy (non-hydrogen) atoms. The van der Waals surface area contributed by atoms with E-state index < -0.39 is 10.1 Å². The van der Waals surface area contributed by atoms with Crippen molar-refractivity contribution in [3.05, 3.63) is 17.1 Å². The van der Waals surface area contributed by atoms with Gasteiger partial charge in [0.15, 0.2) is 12.7 Å². The van der Waals surface area contributed by atoms with Gasteiger partial charge in [-0.15, -0.1) is 0 Å². The van der Waals surface area contributed by atoms with Crippen LogP contribution in [-0.2, 0) is 119 Å². The second kappa shape index (κ2) is 138. The number of unbranched alkanes of at least 4 members (excludes halogenated alkanes) is 87. The summed E-state index contributed by atoms with van der Waals surface area (Å²) < 4.78 is 32.2. The summed E-state index contributed by atoms with van der Waals surface area (Å²) in [5.74, 6) is 2.29.